The summed E-state index contributed by atoms with van der Waals surface area (Å²) >= 11 is 12.5. The molecular formula is C13H15Cl2N. The molecule has 0 aliphatic rings. The Hall–Kier alpha value is -0.660. The summed E-state index contributed by atoms with van der Waals surface area (Å²) in [6, 6.07) is 8.09. The van der Waals surface area contributed by atoms with Gasteiger partial charge in [0.15, 0.2) is 0 Å². The second kappa shape index (κ2) is 5.11. The molecule has 0 saturated carbocycles. The molecule has 0 unspecified atom stereocenters. The first-order valence-corrected chi connectivity index (χ1v) is 6.43. The molecule has 0 amide bonds. The highest BCUT2D eigenvalue weighted by Crippen LogP contribution is 2.34. The lowest BCUT2D eigenvalue weighted by Gasteiger charge is -2.05. The molecule has 16 heavy (non-hydrogen) atoms. The molecule has 0 bridgehead atoms. The minimum absolute atomic E-state index is 0.666. The van der Waals surface area contributed by atoms with Crippen LogP contribution in [0.5, 0.6) is 0 Å². The quantitative estimate of drug-likeness (QED) is 0.667. The van der Waals surface area contributed by atoms with Crippen LogP contribution in [0, 0.1) is 0 Å². The molecule has 0 radical (unpaired) electrons. The zero-order valence-electron chi connectivity index (χ0n) is 9.34. The maximum absolute atomic E-state index is 6.25. The second-order valence-electron chi connectivity index (χ2n) is 3.98. The molecule has 0 saturated heterocycles. The Labute approximate surface area is 106 Å². The molecule has 86 valence electrons. The van der Waals surface area contributed by atoms with E-state index in [0.717, 1.165) is 23.9 Å². The summed E-state index contributed by atoms with van der Waals surface area (Å²) in [5, 5.41) is 2.39. The van der Waals surface area contributed by atoms with Crippen molar-refractivity contribution in [3.8, 4) is 0 Å². The Bertz CT molecular complexity index is 488. The van der Waals surface area contributed by atoms with Crippen molar-refractivity contribution >= 4 is 34.1 Å². The van der Waals surface area contributed by atoms with Gasteiger partial charge in [0.25, 0.3) is 0 Å². The lowest BCUT2D eigenvalue weighted by atomic mass is 10.2. The van der Waals surface area contributed by atoms with Crippen molar-refractivity contribution < 1.29 is 0 Å². The van der Waals surface area contributed by atoms with Crippen molar-refractivity contribution in [2.24, 2.45) is 0 Å². The SMILES string of the molecule is CCCCCn1c(Cl)c(Cl)c2ccccc21. The third kappa shape index (κ3) is 2.07. The van der Waals surface area contributed by atoms with Gasteiger partial charge in [0.1, 0.15) is 5.15 Å². The minimum Gasteiger partial charge on any atom is -0.330 e. The topological polar surface area (TPSA) is 4.93 Å². The van der Waals surface area contributed by atoms with Crippen molar-refractivity contribution in [1.82, 2.24) is 4.57 Å². The first kappa shape index (κ1) is 11.8. The van der Waals surface area contributed by atoms with Crippen molar-refractivity contribution in [2.75, 3.05) is 0 Å². The fourth-order valence-corrected chi connectivity index (χ4v) is 2.51. The molecule has 1 aromatic carbocycles. The predicted molar refractivity (Wildman–Crippen MR) is 71.5 cm³/mol. The van der Waals surface area contributed by atoms with Crippen LogP contribution < -0.4 is 0 Å². The number of unbranched alkanes of at least 4 members (excludes halogenated alkanes) is 2. The summed E-state index contributed by atoms with van der Waals surface area (Å²) in [5.41, 5.74) is 1.13. The van der Waals surface area contributed by atoms with Crippen LogP contribution in [-0.2, 0) is 6.54 Å². The van der Waals surface area contributed by atoms with E-state index in [1.807, 2.05) is 18.2 Å². The number of benzene rings is 1. The minimum atomic E-state index is 0.666. The van der Waals surface area contributed by atoms with Gasteiger partial charge in [0.05, 0.1) is 10.5 Å². The van der Waals surface area contributed by atoms with E-state index in [9.17, 15) is 0 Å². The highest BCUT2D eigenvalue weighted by molar-refractivity contribution is 6.45. The maximum atomic E-state index is 6.25. The van der Waals surface area contributed by atoms with E-state index in [1.165, 1.54) is 12.8 Å². The number of aryl methyl sites for hydroxylation is 1. The molecule has 1 heterocycles. The van der Waals surface area contributed by atoms with Gasteiger partial charge in [0, 0.05) is 11.9 Å². The smallest absolute Gasteiger partial charge is 0.128 e. The highest BCUT2D eigenvalue weighted by atomic mass is 35.5. The Morgan fingerprint density at radius 1 is 1.12 bits per heavy atom. The monoisotopic (exact) mass is 255 g/mol. The number of para-hydroxylation sites is 1. The van der Waals surface area contributed by atoms with E-state index in [-0.39, 0.29) is 0 Å². The number of hydrogen-bond acceptors (Lipinski definition) is 0. The molecule has 0 fully saturated rings. The van der Waals surface area contributed by atoms with E-state index in [2.05, 4.69) is 17.6 Å². The van der Waals surface area contributed by atoms with Crippen molar-refractivity contribution in [3.05, 3.63) is 34.4 Å². The lowest BCUT2D eigenvalue weighted by Crippen LogP contribution is -1.97. The average molecular weight is 256 g/mol. The third-order valence-corrected chi connectivity index (χ3v) is 3.71. The maximum Gasteiger partial charge on any atom is 0.128 e. The largest absolute Gasteiger partial charge is 0.330 e. The highest BCUT2D eigenvalue weighted by Gasteiger charge is 2.12. The molecule has 1 aromatic heterocycles. The fraction of sp³-hybridized carbons (Fsp3) is 0.385. The number of nitrogens with zero attached hydrogens (tertiary/aromatic N) is 1. The van der Waals surface area contributed by atoms with Gasteiger partial charge in [-0.1, -0.05) is 61.2 Å². The first-order chi connectivity index (χ1) is 7.75. The van der Waals surface area contributed by atoms with Crippen LogP contribution >= 0.6 is 23.2 Å². The first-order valence-electron chi connectivity index (χ1n) is 5.68. The van der Waals surface area contributed by atoms with Gasteiger partial charge < -0.3 is 4.57 Å². The van der Waals surface area contributed by atoms with Crippen molar-refractivity contribution in [3.63, 3.8) is 0 Å². The summed E-state index contributed by atoms with van der Waals surface area (Å²) in [7, 11) is 0. The second-order valence-corrected chi connectivity index (χ2v) is 4.72. The fourth-order valence-electron chi connectivity index (χ4n) is 1.97. The summed E-state index contributed by atoms with van der Waals surface area (Å²) in [5.74, 6) is 0. The van der Waals surface area contributed by atoms with E-state index in [4.69, 9.17) is 23.2 Å². The Morgan fingerprint density at radius 3 is 2.62 bits per heavy atom. The van der Waals surface area contributed by atoms with Gasteiger partial charge in [-0.2, -0.15) is 0 Å². The van der Waals surface area contributed by atoms with E-state index in [0.29, 0.717) is 10.2 Å². The number of rotatable bonds is 4. The molecular weight excluding hydrogens is 241 g/mol. The summed E-state index contributed by atoms with van der Waals surface area (Å²) in [6.07, 6.45) is 3.58. The van der Waals surface area contributed by atoms with Crippen LogP contribution in [0.3, 0.4) is 0 Å². The van der Waals surface area contributed by atoms with Crippen LogP contribution in [0.1, 0.15) is 26.2 Å². The van der Waals surface area contributed by atoms with Gasteiger partial charge in [-0.3, -0.25) is 0 Å². The van der Waals surface area contributed by atoms with Crippen LogP contribution in [0.4, 0.5) is 0 Å². The number of hydrogen-bond donors (Lipinski definition) is 0. The van der Waals surface area contributed by atoms with E-state index >= 15 is 0 Å². The van der Waals surface area contributed by atoms with Crippen LogP contribution in [0.25, 0.3) is 10.9 Å². The zero-order valence-corrected chi connectivity index (χ0v) is 10.9. The molecule has 0 N–H and O–H groups in total. The third-order valence-electron chi connectivity index (χ3n) is 2.83. The number of halogens is 2. The molecule has 0 spiro atoms. The molecule has 0 aliphatic carbocycles. The average Bonchev–Trinajstić information content (AvgIpc) is 2.55. The summed E-state index contributed by atoms with van der Waals surface area (Å²) in [6.45, 7) is 3.14. The molecule has 0 aliphatic heterocycles. The standard InChI is InChI=1S/C13H15Cl2N/c1-2-3-6-9-16-11-8-5-4-7-10(11)12(14)13(16)15/h4-5,7-8H,2-3,6,9H2,1H3. The van der Waals surface area contributed by atoms with Gasteiger partial charge in [-0.15, -0.1) is 0 Å². The van der Waals surface area contributed by atoms with E-state index in [1.54, 1.807) is 0 Å². The van der Waals surface area contributed by atoms with Crippen LogP contribution in [-0.4, -0.2) is 4.57 Å². The molecule has 1 nitrogen and oxygen atoms in total. The number of fused-ring (bicyclic) bond motifs is 1. The zero-order chi connectivity index (χ0) is 11.5. The van der Waals surface area contributed by atoms with Crippen molar-refractivity contribution in [1.29, 1.82) is 0 Å². The Kier molecular flexibility index (Phi) is 3.78. The lowest BCUT2D eigenvalue weighted by molar-refractivity contribution is 0.617. The van der Waals surface area contributed by atoms with Gasteiger partial charge in [-0.05, 0) is 12.5 Å². The molecule has 3 heteroatoms. The molecule has 2 aromatic rings. The van der Waals surface area contributed by atoms with Gasteiger partial charge in [0.2, 0.25) is 0 Å². The van der Waals surface area contributed by atoms with Crippen LogP contribution in [0.2, 0.25) is 10.2 Å². The van der Waals surface area contributed by atoms with E-state index < -0.39 is 0 Å². The Balaban J connectivity index is 2.39. The van der Waals surface area contributed by atoms with Crippen molar-refractivity contribution in [2.45, 2.75) is 32.7 Å². The summed E-state index contributed by atoms with van der Waals surface area (Å²) < 4.78 is 2.11. The predicted octanol–water partition coefficient (Wildman–Crippen LogP) is 5.14. The van der Waals surface area contributed by atoms with Gasteiger partial charge in [-0.25, -0.2) is 0 Å². The number of aromatic nitrogens is 1. The van der Waals surface area contributed by atoms with Crippen LogP contribution in [0.15, 0.2) is 24.3 Å². The normalized spacial score (nSPS) is 11.2. The summed E-state index contributed by atoms with van der Waals surface area (Å²) in [4.78, 5) is 0. The molecule has 0 atom stereocenters. The van der Waals surface area contributed by atoms with Gasteiger partial charge >= 0.3 is 0 Å². The molecule has 2 rings (SSSR count). The Morgan fingerprint density at radius 2 is 1.88 bits per heavy atom.